The zero-order chi connectivity index (χ0) is 15.7. The molecule has 1 aromatic carbocycles. The summed E-state index contributed by atoms with van der Waals surface area (Å²) in [5, 5.41) is 9.47. The van der Waals surface area contributed by atoms with Crippen molar-refractivity contribution in [2.75, 3.05) is 6.54 Å². The van der Waals surface area contributed by atoms with Crippen molar-refractivity contribution in [1.29, 1.82) is 0 Å². The standard InChI is InChI=1S/C17H23NO3/c1-10(2)13-6-5-9-18(13)16(19)14-11(3)7-8-12(4)15(14)17(20)21/h7-8,10,13H,5-6,9H2,1-4H3,(H,20,21). The second-order valence-corrected chi connectivity index (χ2v) is 6.21. The summed E-state index contributed by atoms with van der Waals surface area (Å²) in [6.45, 7) is 8.48. The van der Waals surface area contributed by atoms with Gasteiger partial charge in [-0.15, -0.1) is 0 Å². The predicted octanol–water partition coefficient (Wildman–Crippen LogP) is 3.26. The molecule has 1 saturated heterocycles. The van der Waals surface area contributed by atoms with Crippen LogP contribution in [0.2, 0.25) is 0 Å². The molecule has 0 radical (unpaired) electrons. The van der Waals surface area contributed by atoms with Crippen molar-refractivity contribution in [3.8, 4) is 0 Å². The number of carboxylic acid groups (broad SMARTS) is 1. The van der Waals surface area contributed by atoms with Crippen LogP contribution in [0.4, 0.5) is 0 Å². The molecule has 0 spiro atoms. The molecule has 1 unspecified atom stereocenters. The van der Waals surface area contributed by atoms with Crippen LogP contribution in [0.15, 0.2) is 12.1 Å². The first-order valence-electron chi connectivity index (χ1n) is 7.49. The fraction of sp³-hybridized carbons (Fsp3) is 0.529. The Kier molecular flexibility index (Phi) is 4.35. The quantitative estimate of drug-likeness (QED) is 0.929. The number of carbonyl (C=O) groups excluding carboxylic acids is 1. The predicted molar refractivity (Wildman–Crippen MR) is 81.8 cm³/mol. The second kappa shape index (κ2) is 5.88. The maximum absolute atomic E-state index is 12.9. The highest BCUT2D eigenvalue weighted by atomic mass is 16.4. The van der Waals surface area contributed by atoms with E-state index in [9.17, 15) is 14.7 Å². The summed E-state index contributed by atoms with van der Waals surface area (Å²) in [5.41, 5.74) is 1.87. The Hall–Kier alpha value is -1.84. The first kappa shape index (κ1) is 15.5. The maximum atomic E-state index is 12.9. The fourth-order valence-electron chi connectivity index (χ4n) is 3.24. The monoisotopic (exact) mass is 289 g/mol. The van der Waals surface area contributed by atoms with Gasteiger partial charge in [-0.25, -0.2) is 4.79 Å². The molecule has 1 fully saturated rings. The Morgan fingerprint density at radius 3 is 2.29 bits per heavy atom. The molecule has 1 heterocycles. The van der Waals surface area contributed by atoms with Gasteiger partial charge < -0.3 is 10.0 Å². The molecule has 1 atom stereocenters. The van der Waals surface area contributed by atoms with Gasteiger partial charge in [-0.3, -0.25) is 4.79 Å². The normalized spacial score (nSPS) is 18.3. The van der Waals surface area contributed by atoms with Crippen LogP contribution in [0.5, 0.6) is 0 Å². The molecule has 1 amide bonds. The van der Waals surface area contributed by atoms with Gasteiger partial charge in [-0.2, -0.15) is 0 Å². The van der Waals surface area contributed by atoms with Crippen LogP contribution in [0.3, 0.4) is 0 Å². The topological polar surface area (TPSA) is 57.6 Å². The zero-order valence-electron chi connectivity index (χ0n) is 13.1. The van der Waals surface area contributed by atoms with Crippen molar-refractivity contribution < 1.29 is 14.7 Å². The maximum Gasteiger partial charge on any atom is 0.336 e. The highest BCUT2D eigenvalue weighted by molar-refractivity contribution is 6.06. The number of hydrogen-bond donors (Lipinski definition) is 1. The summed E-state index contributed by atoms with van der Waals surface area (Å²) >= 11 is 0. The molecule has 21 heavy (non-hydrogen) atoms. The first-order chi connectivity index (χ1) is 9.84. The minimum absolute atomic E-state index is 0.134. The van der Waals surface area contributed by atoms with Crippen molar-refractivity contribution in [2.45, 2.75) is 46.6 Å². The number of amides is 1. The smallest absolute Gasteiger partial charge is 0.336 e. The number of nitrogens with zero attached hydrogens (tertiary/aromatic N) is 1. The highest BCUT2D eigenvalue weighted by Crippen LogP contribution is 2.28. The Morgan fingerprint density at radius 1 is 1.19 bits per heavy atom. The van der Waals surface area contributed by atoms with E-state index in [0.717, 1.165) is 18.4 Å². The minimum atomic E-state index is -1.03. The van der Waals surface area contributed by atoms with Crippen molar-refractivity contribution >= 4 is 11.9 Å². The third-order valence-electron chi connectivity index (χ3n) is 4.38. The lowest BCUT2D eigenvalue weighted by Crippen LogP contribution is -2.39. The number of carboxylic acids is 1. The largest absolute Gasteiger partial charge is 0.478 e. The number of benzene rings is 1. The first-order valence-corrected chi connectivity index (χ1v) is 7.49. The number of aromatic carboxylic acids is 1. The van der Waals surface area contributed by atoms with Crippen molar-refractivity contribution in [3.63, 3.8) is 0 Å². The lowest BCUT2D eigenvalue weighted by atomic mass is 9.95. The molecule has 1 aliphatic rings. The van der Waals surface area contributed by atoms with Gasteiger partial charge in [0.05, 0.1) is 11.1 Å². The Balaban J connectivity index is 2.49. The molecule has 4 nitrogen and oxygen atoms in total. The Bertz CT molecular complexity index is 578. The van der Waals surface area contributed by atoms with Gasteiger partial charge in [0.25, 0.3) is 5.91 Å². The second-order valence-electron chi connectivity index (χ2n) is 6.21. The number of likely N-dealkylation sites (tertiary alicyclic amines) is 1. The lowest BCUT2D eigenvalue weighted by molar-refractivity contribution is 0.0655. The summed E-state index contributed by atoms with van der Waals surface area (Å²) in [6, 6.07) is 3.80. The van der Waals surface area contributed by atoms with Crippen LogP contribution in [-0.2, 0) is 0 Å². The van der Waals surface area contributed by atoms with E-state index in [2.05, 4.69) is 13.8 Å². The average Bonchev–Trinajstić information content (AvgIpc) is 2.89. The summed E-state index contributed by atoms with van der Waals surface area (Å²) in [7, 11) is 0. The van der Waals surface area contributed by atoms with E-state index in [0.29, 0.717) is 23.6 Å². The number of hydrogen-bond acceptors (Lipinski definition) is 2. The van der Waals surface area contributed by atoms with Gasteiger partial charge in [0.2, 0.25) is 0 Å². The Morgan fingerprint density at radius 2 is 1.76 bits per heavy atom. The molecule has 1 aromatic rings. The van der Waals surface area contributed by atoms with Crippen LogP contribution in [0.1, 0.15) is 58.5 Å². The van der Waals surface area contributed by atoms with Crippen LogP contribution >= 0.6 is 0 Å². The molecule has 0 bridgehead atoms. The molecule has 2 rings (SSSR count). The molecule has 1 N–H and O–H groups in total. The summed E-state index contributed by atoms with van der Waals surface area (Å²) in [6.07, 6.45) is 1.98. The molecule has 0 aromatic heterocycles. The van der Waals surface area contributed by atoms with Gasteiger partial charge >= 0.3 is 5.97 Å². The summed E-state index contributed by atoms with van der Waals surface area (Å²) < 4.78 is 0. The van der Waals surface area contributed by atoms with E-state index < -0.39 is 5.97 Å². The SMILES string of the molecule is Cc1ccc(C)c(C(=O)N2CCCC2C(C)C)c1C(=O)O. The van der Waals surface area contributed by atoms with E-state index in [1.54, 1.807) is 19.9 Å². The van der Waals surface area contributed by atoms with Crippen LogP contribution in [0, 0.1) is 19.8 Å². The number of aryl methyl sites for hydroxylation is 2. The summed E-state index contributed by atoms with van der Waals surface area (Å²) in [4.78, 5) is 26.3. The molecule has 114 valence electrons. The number of rotatable bonds is 3. The van der Waals surface area contributed by atoms with Crippen LogP contribution < -0.4 is 0 Å². The molecular weight excluding hydrogens is 266 g/mol. The van der Waals surface area contributed by atoms with Gasteiger partial charge in [0, 0.05) is 12.6 Å². The van der Waals surface area contributed by atoms with E-state index in [4.69, 9.17) is 0 Å². The zero-order valence-corrected chi connectivity index (χ0v) is 13.1. The third kappa shape index (κ3) is 2.80. The van der Waals surface area contributed by atoms with Crippen molar-refractivity contribution in [1.82, 2.24) is 4.90 Å². The fourth-order valence-corrected chi connectivity index (χ4v) is 3.24. The minimum Gasteiger partial charge on any atom is -0.478 e. The highest BCUT2D eigenvalue weighted by Gasteiger charge is 2.34. The Labute approximate surface area is 125 Å². The van der Waals surface area contributed by atoms with Crippen molar-refractivity contribution in [2.24, 2.45) is 5.92 Å². The van der Waals surface area contributed by atoms with Gasteiger partial charge in [-0.05, 0) is 43.7 Å². The average molecular weight is 289 g/mol. The van der Waals surface area contributed by atoms with Gasteiger partial charge in [0.1, 0.15) is 0 Å². The van der Waals surface area contributed by atoms with Gasteiger partial charge in [0.15, 0.2) is 0 Å². The van der Waals surface area contributed by atoms with E-state index in [1.165, 1.54) is 0 Å². The third-order valence-corrected chi connectivity index (χ3v) is 4.38. The van der Waals surface area contributed by atoms with E-state index in [-0.39, 0.29) is 17.5 Å². The van der Waals surface area contributed by atoms with Crippen LogP contribution in [-0.4, -0.2) is 34.5 Å². The molecule has 1 aliphatic heterocycles. The van der Waals surface area contributed by atoms with E-state index in [1.807, 2.05) is 11.0 Å². The molecule has 0 saturated carbocycles. The molecule has 0 aliphatic carbocycles. The molecular formula is C17H23NO3. The van der Waals surface area contributed by atoms with Crippen molar-refractivity contribution in [3.05, 3.63) is 34.4 Å². The molecule has 4 heteroatoms. The lowest BCUT2D eigenvalue weighted by Gasteiger charge is -2.29. The van der Waals surface area contributed by atoms with Gasteiger partial charge in [-0.1, -0.05) is 26.0 Å². The van der Waals surface area contributed by atoms with E-state index >= 15 is 0 Å². The summed E-state index contributed by atoms with van der Waals surface area (Å²) in [5.74, 6) is -0.778. The van der Waals surface area contributed by atoms with Crippen LogP contribution in [0.25, 0.3) is 0 Å². The number of carbonyl (C=O) groups is 2.